The summed E-state index contributed by atoms with van der Waals surface area (Å²) in [5.74, 6) is -8.79. The van der Waals surface area contributed by atoms with Crippen molar-refractivity contribution in [1.82, 2.24) is 21.3 Å². The van der Waals surface area contributed by atoms with E-state index >= 15 is 0 Å². The molecule has 31 N–H and O–H groups in total. The Hall–Kier alpha value is -4.37. The Morgan fingerprint density at radius 3 is 1.12 bits per heavy atom. The van der Waals surface area contributed by atoms with E-state index in [1.54, 1.807) is 0 Å². The largest absolute Gasteiger partial charge is 0.477 e. The van der Waals surface area contributed by atoms with Gasteiger partial charge in [0, 0.05) is 34.1 Å². The normalized spacial score (nSPS) is 47.6. The van der Waals surface area contributed by atoms with Crippen LogP contribution < -0.4 is 21.3 Å². The first-order valence-corrected chi connectivity index (χ1v) is 37.3. The monoisotopic (exact) mass is 1730 g/mol. The van der Waals surface area contributed by atoms with Crippen LogP contribution in [-0.4, -0.2) is 509 Å². The quantitative estimate of drug-likeness (QED) is 0.0297. The molecule has 53 nitrogen and oxygen atoms in total. The van der Waals surface area contributed by atoms with Gasteiger partial charge in [-0.15, -0.1) is 0 Å². The number of carbonyl (C=O) groups is 5. The maximum absolute atomic E-state index is 13.1. The van der Waals surface area contributed by atoms with Gasteiger partial charge in [0.25, 0.3) is 5.79 Å². The minimum atomic E-state index is -3.08. The summed E-state index contributed by atoms with van der Waals surface area (Å²) in [6, 6.07) is -7.42. The Morgan fingerprint density at radius 1 is 0.347 bits per heavy atom. The van der Waals surface area contributed by atoms with E-state index in [0.717, 1.165) is 27.7 Å². The molecular formula is C65H108N4O49. The number of amides is 4. The summed E-state index contributed by atoms with van der Waals surface area (Å²) < 4.78 is 99.8. The Balaban J connectivity index is 0.993. The fourth-order valence-corrected chi connectivity index (χ4v) is 15.0. The van der Waals surface area contributed by atoms with Crippen molar-refractivity contribution in [3.8, 4) is 0 Å². The molecule has 0 aromatic heterocycles. The van der Waals surface area contributed by atoms with Crippen LogP contribution in [0.4, 0.5) is 0 Å². The van der Waals surface area contributed by atoms with Crippen molar-refractivity contribution in [3.05, 3.63) is 0 Å². The molecule has 9 heterocycles. The molecule has 0 aromatic carbocycles. The Morgan fingerprint density at radius 2 is 0.686 bits per heavy atom. The summed E-state index contributed by atoms with van der Waals surface area (Å²) >= 11 is 0. The summed E-state index contributed by atoms with van der Waals surface area (Å²) in [7, 11) is 0. The number of rotatable bonds is 32. The highest BCUT2D eigenvalue weighted by Crippen LogP contribution is 2.41. The van der Waals surface area contributed by atoms with Crippen molar-refractivity contribution in [2.45, 2.75) is 316 Å². The molecule has 0 bridgehead atoms. The Bertz CT molecular complexity index is 3210. The third-order valence-corrected chi connectivity index (χ3v) is 21.3. The van der Waals surface area contributed by atoms with Crippen LogP contribution in [-0.2, 0) is 104 Å². The number of aliphatic hydroxyl groups excluding tert-OH is 26. The third kappa shape index (κ3) is 21.4. The maximum Gasteiger partial charge on any atom is 0.364 e. The Kier molecular flexibility index (Phi) is 34.7. The fraction of sp³-hybridized carbons (Fsp3) is 0.923. The second kappa shape index (κ2) is 42.1. The van der Waals surface area contributed by atoms with Gasteiger partial charge in [0.15, 0.2) is 50.3 Å². The van der Waals surface area contributed by atoms with Gasteiger partial charge in [-0.3, -0.25) is 19.2 Å². The standard InChI is InChI=1S/C65H108N4O49/c1-15(77)66-29-19(81)5-65(64(100)101,118-52(29)33(83)20(82)6-70)103-14-28-37(87)43(93)47(97)60(111-28)113-51-26(12-76)109-58(32(41(51)91)69-18(4)80)117-55-45(95)36(86)23(9-73)107-63(55)115-53-38(88)27(110-61(48(53)98)114-49-24(10-74)104-56(99)30(39(49)89)67-16(2)78)13-102-62-54(44(94)35(85)22(8-72)106-62)116-57-31(68-17(3)79)40(90)50(25(11-75)108-57)112-59-46(96)42(92)34(84)21(7-71)105-59/h19-63,70-76,81-99H,5-14H2,1-4H3,(H,66,77)(H,67,78)(H,68,79)(H,69,80)(H,100,101)/t19-,20+,21+,22+,23+,24+,25+,26+,27+,28+,29+,30+,31+,32+,33+,34-,35+,36+,37-,38+,39+,40+,41+,42-,43-,44-,45-,46+,47+,48-,49+,50+,51+,52+,53-,54-,55-,56+,57-,58-,59-,60-,61-,62-,63+,65+/m0/s1. The van der Waals surface area contributed by atoms with Gasteiger partial charge in [-0.25, -0.2) is 4.79 Å². The van der Waals surface area contributed by atoms with Gasteiger partial charge < -0.3 is 240 Å². The molecule has 9 aliphatic heterocycles. The van der Waals surface area contributed by atoms with E-state index in [4.69, 9.17) is 80.5 Å². The number of carbonyl (C=O) groups excluding carboxylic acids is 4. The van der Waals surface area contributed by atoms with Crippen LogP contribution in [0.2, 0.25) is 0 Å². The first kappa shape index (κ1) is 97.4. The van der Waals surface area contributed by atoms with Crippen molar-refractivity contribution in [3.63, 3.8) is 0 Å². The predicted octanol–water partition coefficient (Wildman–Crippen LogP) is -20.8. The number of aliphatic carboxylic acids is 1. The smallest absolute Gasteiger partial charge is 0.364 e. The molecule has 682 valence electrons. The van der Waals surface area contributed by atoms with Gasteiger partial charge in [0.05, 0.1) is 71.6 Å². The number of carboxylic acids is 1. The molecular weight excluding hydrogens is 1620 g/mol. The number of nitrogens with one attached hydrogen (secondary N) is 4. The van der Waals surface area contributed by atoms with Crippen LogP contribution in [0.3, 0.4) is 0 Å². The highest BCUT2D eigenvalue weighted by Gasteiger charge is 2.62. The van der Waals surface area contributed by atoms with Crippen LogP contribution in [0, 0.1) is 0 Å². The van der Waals surface area contributed by atoms with Gasteiger partial charge in [-0.2, -0.15) is 0 Å². The average molecular weight is 1730 g/mol. The van der Waals surface area contributed by atoms with Gasteiger partial charge in [0.2, 0.25) is 23.6 Å². The molecule has 4 amide bonds. The molecule has 9 saturated heterocycles. The maximum atomic E-state index is 13.1. The molecule has 53 heteroatoms. The highest BCUT2D eigenvalue weighted by atomic mass is 16.8. The second-order valence-corrected chi connectivity index (χ2v) is 29.6. The summed E-state index contributed by atoms with van der Waals surface area (Å²) in [6.07, 6.45) is -89.1. The van der Waals surface area contributed by atoms with E-state index < -0.39 is 377 Å². The van der Waals surface area contributed by atoms with Crippen molar-refractivity contribution in [1.29, 1.82) is 0 Å². The predicted molar refractivity (Wildman–Crippen MR) is 361 cm³/mol. The van der Waals surface area contributed by atoms with Crippen LogP contribution in [0.5, 0.6) is 0 Å². The topological polar surface area (TPSA) is 837 Å². The minimum Gasteiger partial charge on any atom is -0.477 e. The molecule has 0 spiro atoms. The van der Waals surface area contributed by atoms with Gasteiger partial charge in [-0.1, -0.05) is 0 Å². The van der Waals surface area contributed by atoms with E-state index in [2.05, 4.69) is 21.3 Å². The van der Waals surface area contributed by atoms with Crippen molar-refractivity contribution >= 4 is 29.6 Å². The van der Waals surface area contributed by atoms with Crippen LogP contribution in [0.1, 0.15) is 34.1 Å². The number of carboxylic acid groups (broad SMARTS) is 1. The third-order valence-electron chi connectivity index (χ3n) is 21.3. The molecule has 0 aliphatic carbocycles. The summed E-state index contributed by atoms with van der Waals surface area (Å²) in [5.41, 5.74) is 0. The second-order valence-electron chi connectivity index (χ2n) is 29.6. The molecule has 9 fully saturated rings. The number of hydrogen-bond donors (Lipinski definition) is 31. The van der Waals surface area contributed by atoms with E-state index in [9.17, 15) is 162 Å². The lowest BCUT2D eigenvalue weighted by Crippen LogP contribution is -2.70. The van der Waals surface area contributed by atoms with Gasteiger partial charge in [-0.05, 0) is 0 Å². The number of ether oxygens (including phenoxy) is 17. The number of aliphatic hydroxyl groups is 26. The van der Waals surface area contributed by atoms with Crippen molar-refractivity contribution in [2.24, 2.45) is 0 Å². The molecule has 9 rings (SSSR count). The molecule has 46 atom stereocenters. The zero-order valence-electron chi connectivity index (χ0n) is 63.1. The molecule has 0 aromatic rings. The molecule has 0 radical (unpaired) electrons. The minimum absolute atomic E-state index is 0.839. The fourth-order valence-electron chi connectivity index (χ4n) is 15.0. The first-order valence-electron chi connectivity index (χ1n) is 37.3. The van der Waals surface area contributed by atoms with Crippen LogP contribution in [0.15, 0.2) is 0 Å². The van der Waals surface area contributed by atoms with Crippen molar-refractivity contribution < 1.29 is 242 Å². The summed E-state index contributed by atoms with van der Waals surface area (Å²) in [5, 5.41) is 308. The van der Waals surface area contributed by atoms with E-state index in [1.807, 2.05) is 0 Å². The zero-order chi connectivity index (χ0) is 87.3. The molecule has 118 heavy (non-hydrogen) atoms. The van der Waals surface area contributed by atoms with Crippen LogP contribution in [0.25, 0.3) is 0 Å². The summed E-state index contributed by atoms with van der Waals surface area (Å²) in [4.78, 5) is 63.4. The number of hydrogen-bond acceptors (Lipinski definition) is 48. The SMILES string of the molecule is CC(=O)N[C@@H]1[C@@H](O)[C@H](O[C@@H]2O[C@H](CO[C@H]3O[C@H](CO)[C@@H](O)[C@H](O)[C@@H]3O[C@@H]3O[C@H](CO)[C@@H](O[C@@H]4O[C@H](CO)[C@H](O)[C@H](O)[C@H]4O)[C@H](O)[C@H]3NC(C)=O)[C@@H](O)[C@H](O[C@H]3O[C@H](CO)[C@@H](O)[C@H](O)[C@@H]3O[C@@H]3O[C@H](CO)[C@@H](O[C@@H]4O[C@H](CO[C@]5(C(=O)O)C[C@H](O)[C@@H](NC(C)=O)[C@H]([C@H](O)[C@H](O)CO)O5)[C@H](O)[C@H](O)[C@H]4O)[C@H](O)[C@H]3NC(C)=O)[C@@H]2O)[C@@H](CO)O[C@H]1O. The van der Waals surface area contributed by atoms with Crippen LogP contribution >= 0.6 is 0 Å². The highest BCUT2D eigenvalue weighted by molar-refractivity contribution is 5.77. The average Bonchev–Trinajstić information content (AvgIpc) is 0.773. The van der Waals surface area contributed by atoms with E-state index in [1.165, 1.54) is 0 Å². The zero-order valence-corrected chi connectivity index (χ0v) is 63.1. The molecule has 0 saturated carbocycles. The lowest BCUT2D eigenvalue weighted by Gasteiger charge is -2.51. The van der Waals surface area contributed by atoms with Gasteiger partial charge >= 0.3 is 5.97 Å². The lowest BCUT2D eigenvalue weighted by atomic mass is 9.88. The van der Waals surface area contributed by atoms with Crippen molar-refractivity contribution in [2.75, 3.05) is 59.5 Å². The Labute approximate surface area is 666 Å². The van der Waals surface area contributed by atoms with E-state index in [0.29, 0.717) is 0 Å². The molecule has 9 aliphatic rings. The van der Waals surface area contributed by atoms with Gasteiger partial charge in [0.1, 0.15) is 213 Å². The van der Waals surface area contributed by atoms with E-state index in [-0.39, 0.29) is 0 Å². The molecule has 0 unspecified atom stereocenters. The first-order chi connectivity index (χ1) is 55.6. The summed E-state index contributed by atoms with van der Waals surface area (Å²) in [6.45, 7) is -6.54. The lowest BCUT2D eigenvalue weighted by molar-refractivity contribution is -0.398.